The van der Waals surface area contributed by atoms with E-state index in [0.29, 0.717) is 0 Å². The van der Waals surface area contributed by atoms with Crippen molar-refractivity contribution in [1.82, 2.24) is 5.32 Å². The topological polar surface area (TPSA) is 81.4 Å². The van der Waals surface area contributed by atoms with Crippen LogP contribution in [0.2, 0.25) is 0 Å². The van der Waals surface area contributed by atoms with Gasteiger partial charge in [-0.2, -0.15) is 0 Å². The molecular formula is C20H24N2O3. The smallest absolute Gasteiger partial charge is 0.408 e. The first-order valence-electron chi connectivity index (χ1n) is 8.16. The highest BCUT2D eigenvalue weighted by molar-refractivity contribution is 5.86. The molecule has 0 radical (unpaired) electrons. The van der Waals surface area contributed by atoms with Crippen LogP contribution in [0.25, 0.3) is 0 Å². The summed E-state index contributed by atoms with van der Waals surface area (Å²) in [5.41, 5.74) is 6.72. The van der Waals surface area contributed by atoms with Crippen molar-refractivity contribution < 1.29 is 14.3 Å². The Hall–Kier alpha value is -2.82. The molecule has 0 spiro atoms. The van der Waals surface area contributed by atoms with Gasteiger partial charge in [0.2, 0.25) is 5.91 Å². The van der Waals surface area contributed by atoms with Crippen molar-refractivity contribution in [3.8, 4) is 0 Å². The number of nitrogens with two attached hydrogens (primary N) is 1. The highest BCUT2D eigenvalue weighted by Crippen LogP contribution is 2.28. The van der Waals surface area contributed by atoms with Crippen molar-refractivity contribution in [2.45, 2.75) is 38.3 Å². The highest BCUT2D eigenvalue weighted by Gasteiger charge is 2.32. The molecule has 2 rings (SSSR count). The minimum atomic E-state index is -0.931. The highest BCUT2D eigenvalue weighted by atomic mass is 16.6. The van der Waals surface area contributed by atoms with E-state index in [9.17, 15) is 9.59 Å². The number of hydrogen-bond acceptors (Lipinski definition) is 3. The second-order valence-corrected chi connectivity index (χ2v) is 6.83. The molecule has 2 amide bonds. The van der Waals surface area contributed by atoms with Crippen LogP contribution in [-0.4, -0.2) is 23.6 Å². The third-order valence-electron chi connectivity index (χ3n) is 3.63. The molecule has 3 N–H and O–H groups in total. The maximum atomic E-state index is 12.2. The molecule has 2 aromatic carbocycles. The fraction of sp³-hybridized carbons (Fsp3) is 0.300. The minimum absolute atomic E-state index is 0.410. The van der Waals surface area contributed by atoms with Gasteiger partial charge in [-0.3, -0.25) is 4.79 Å². The Morgan fingerprint density at radius 1 is 0.920 bits per heavy atom. The molecule has 0 fully saturated rings. The lowest BCUT2D eigenvalue weighted by atomic mass is 9.84. The first kappa shape index (κ1) is 18.5. The van der Waals surface area contributed by atoms with E-state index in [0.717, 1.165) is 11.1 Å². The van der Waals surface area contributed by atoms with E-state index in [1.165, 1.54) is 0 Å². The molecule has 0 saturated heterocycles. The summed E-state index contributed by atoms with van der Waals surface area (Å²) in [5, 5.41) is 2.63. The van der Waals surface area contributed by atoms with Crippen LogP contribution in [0.15, 0.2) is 60.7 Å². The summed E-state index contributed by atoms with van der Waals surface area (Å²) in [6, 6.07) is 18.0. The maximum Gasteiger partial charge on any atom is 0.408 e. The van der Waals surface area contributed by atoms with Gasteiger partial charge in [0.25, 0.3) is 0 Å². The van der Waals surface area contributed by atoms with Gasteiger partial charge >= 0.3 is 6.09 Å². The van der Waals surface area contributed by atoms with Gasteiger partial charge in [0.15, 0.2) is 0 Å². The second kappa shape index (κ2) is 7.83. The normalized spacial score (nSPS) is 12.5. The number of alkyl carbamates (subject to hydrolysis) is 1. The van der Waals surface area contributed by atoms with Crippen LogP contribution >= 0.6 is 0 Å². The van der Waals surface area contributed by atoms with Crippen LogP contribution in [0, 0.1) is 0 Å². The van der Waals surface area contributed by atoms with Crippen LogP contribution in [0.5, 0.6) is 0 Å². The quantitative estimate of drug-likeness (QED) is 0.877. The van der Waals surface area contributed by atoms with Crippen molar-refractivity contribution in [3.05, 3.63) is 71.8 Å². The summed E-state index contributed by atoms with van der Waals surface area (Å²) < 4.78 is 5.28. The lowest BCUT2D eigenvalue weighted by Crippen LogP contribution is -2.49. The lowest BCUT2D eigenvalue weighted by Gasteiger charge is -2.28. The Labute approximate surface area is 148 Å². The van der Waals surface area contributed by atoms with Crippen molar-refractivity contribution in [1.29, 1.82) is 0 Å². The third kappa shape index (κ3) is 5.35. The number of carbonyl (C=O) groups excluding carboxylic acids is 2. The molecule has 0 aliphatic rings. The third-order valence-corrected chi connectivity index (χ3v) is 3.63. The van der Waals surface area contributed by atoms with E-state index in [-0.39, 0.29) is 0 Å². The molecule has 0 aliphatic heterocycles. The van der Waals surface area contributed by atoms with Crippen LogP contribution in [-0.2, 0) is 9.53 Å². The zero-order valence-electron chi connectivity index (χ0n) is 14.7. The molecule has 0 saturated carbocycles. The second-order valence-electron chi connectivity index (χ2n) is 6.83. The van der Waals surface area contributed by atoms with Gasteiger partial charge in [0.1, 0.15) is 11.6 Å². The number of hydrogen-bond donors (Lipinski definition) is 2. The van der Waals surface area contributed by atoms with Crippen molar-refractivity contribution in [2.24, 2.45) is 5.73 Å². The number of benzene rings is 2. The molecule has 0 aromatic heterocycles. The number of nitrogens with one attached hydrogen (secondary N) is 1. The number of primary amides is 1. The van der Waals surface area contributed by atoms with Gasteiger partial charge in [0.05, 0.1) is 0 Å². The molecule has 0 bridgehead atoms. The Bertz CT molecular complexity index is 669. The largest absolute Gasteiger partial charge is 0.444 e. The fourth-order valence-corrected chi connectivity index (χ4v) is 2.65. The molecule has 5 heteroatoms. The number of amides is 2. The fourth-order valence-electron chi connectivity index (χ4n) is 2.65. The Morgan fingerprint density at radius 2 is 1.36 bits per heavy atom. The number of carbonyl (C=O) groups is 2. The summed E-state index contributed by atoms with van der Waals surface area (Å²) in [4.78, 5) is 24.3. The first-order chi connectivity index (χ1) is 11.8. The lowest BCUT2D eigenvalue weighted by molar-refractivity contribution is -0.120. The van der Waals surface area contributed by atoms with E-state index in [1.807, 2.05) is 60.7 Å². The van der Waals surface area contributed by atoms with E-state index in [1.54, 1.807) is 20.8 Å². The van der Waals surface area contributed by atoms with Crippen molar-refractivity contribution >= 4 is 12.0 Å². The van der Waals surface area contributed by atoms with Gasteiger partial charge < -0.3 is 15.8 Å². The summed E-state index contributed by atoms with van der Waals surface area (Å²) in [6.45, 7) is 5.28. The first-order valence-corrected chi connectivity index (χ1v) is 8.16. The average molecular weight is 340 g/mol. The molecule has 132 valence electrons. The molecule has 5 nitrogen and oxygen atoms in total. The molecule has 0 aliphatic carbocycles. The molecule has 0 heterocycles. The monoisotopic (exact) mass is 340 g/mol. The zero-order chi connectivity index (χ0) is 18.4. The van der Waals surface area contributed by atoms with Gasteiger partial charge in [-0.25, -0.2) is 4.79 Å². The van der Waals surface area contributed by atoms with Gasteiger partial charge in [-0.1, -0.05) is 60.7 Å². The molecule has 2 aromatic rings. The maximum absolute atomic E-state index is 12.2. The van der Waals surface area contributed by atoms with Crippen LogP contribution in [0.3, 0.4) is 0 Å². The predicted octanol–water partition coefficient (Wildman–Crippen LogP) is 3.20. The van der Waals surface area contributed by atoms with Gasteiger partial charge in [-0.05, 0) is 31.9 Å². The molecule has 0 unspecified atom stereocenters. The SMILES string of the molecule is CC(C)(C)OC(=O)N[C@H](C(N)=O)C(c1ccccc1)c1ccccc1. The summed E-state index contributed by atoms with van der Waals surface area (Å²) in [6.07, 6.45) is -0.673. The van der Waals surface area contributed by atoms with Crippen LogP contribution in [0.1, 0.15) is 37.8 Å². The Morgan fingerprint density at radius 3 is 1.72 bits per heavy atom. The summed E-state index contributed by atoms with van der Waals surface area (Å²) in [7, 11) is 0. The van der Waals surface area contributed by atoms with E-state index < -0.39 is 29.6 Å². The minimum Gasteiger partial charge on any atom is -0.444 e. The Kier molecular flexibility index (Phi) is 5.80. The summed E-state index contributed by atoms with van der Waals surface area (Å²) in [5.74, 6) is -1.03. The molecular weight excluding hydrogens is 316 g/mol. The average Bonchev–Trinajstić information content (AvgIpc) is 2.54. The Balaban J connectivity index is 2.38. The number of rotatable bonds is 5. The molecule has 1 atom stereocenters. The van der Waals surface area contributed by atoms with Gasteiger partial charge in [0, 0.05) is 5.92 Å². The van der Waals surface area contributed by atoms with E-state index >= 15 is 0 Å². The summed E-state index contributed by atoms with van der Waals surface area (Å²) >= 11 is 0. The molecule has 25 heavy (non-hydrogen) atoms. The van der Waals surface area contributed by atoms with Crippen LogP contribution < -0.4 is 11.1 Å². The van der Waals surface area contributed by atoms with Crippen LogP contribution in [0.4, 0.5) is 4.79 Å². The number of ether oxygens (including phenoxy) is 1. The standard InChI is InChI=1S/C20H24N2O3/c1-20(2,3)25-19(24)22-17(18(21)23)16(14-10-6-4-7-11-14)15-12-8-5-9-13-15/h4-13,16-17H,1-3H3,(H2,21,23)(H,22,24)/t17-/m0/s1. The van der Waals surface area contributed by atoms with E-state index in [2.05, 4.69) is 5.32 Å². The van der Waals surface area contributed by atoms with Crippen molar-refractivity contribution in [2.75, 3.05) is 0 Å². The van der Waals surface area contributed by atoms with Gasteiger partial charge in [-0.15, -0.1) is 0 Å². The zero-order valence-corrected chi connectivity index (χ0v) is 14.7. The van der Waals surface area contributed by atoms with E-state index in [4.69, 9.17) is 10.5 Å². The van der Waals surface area contributed by atoms with Crippen molar-refractivity contribution in [3.63, 3.8) is 0 Å². The predicted molar refractivity (Wildman–Crippen MR) is 97.1 cm³/mol.